The fraction of sp³-hybridized carbons (Fsp3) is 0.533. The summed E-state index contributed by atoms with van der Waals surface area (Å²) in [6.07, 6.45) is 1.06. The monoisotopic (exact) mass is 554 g/mol. The number of aliphatic hydroxyl groups excluding tert-OH is 1. The summed E-state index contributed by atoms with van der Waals surface area (Å²) in [5, 5.41) is 10.1. The molecule has 3 aliphatic heterocycles. The van der Waals surface area contributed by atoms with Crippen LogP contribution < -0.4 is 9.64 Å². The fourth-order valence-electron chi connectivity index (χ4n) is 6.55. The van der Waals surface area contributed by atoms with Crippen molar-refractivity contribution >= 4 is 25.9 Å². The van der Waals surface area contributed by atoms with E-state index in [1.54, 1.807) is 30.0 Å². The third-order valence-corrected chi connectivity index (χ3v) is 11.1. The van der Waals surface area contributed by atoms with Crippen molar-refractivity contribution in [3.63, 3.8) is 0 Å². The van der Waals surface area contributed by atoms with Gasteiger partial charge in [-0.3, -0.25) is 9.59 Å². The second-order valence-electron chi connectivity index (χ2n) is 11.7. The molecule has 1 fully saturated rings. The van der Waals surface area contributed by atoms with Gasteiger partial charge in [0.15, 0.2) is 0 Å². The van der Waals surface area contributed by atoms with Gasteiger partial charge in [-0.1, -0.05) is 31.2 Å². The Balaban J connectivity index is 1.41. The summed E-state index contributed by atoms with van der Waals surface area (Å²) in [5.74, 6) is 0.335. The van der Waals surface area contributed by atoms with Gasteiger partial charge in [0, 0.05) is 55.8 Å². The van der Waals surface area contributed by atoms with Gasteiger partial charge in [-0.15, -0.1) is 0 Å². The summed E-state index contributed by atoms with van der Waals surface area (Å²) in [5.41, 5.74) is 3.25. The number of ether oxygens (including phenoxy) is 2. The average Bonchev–Trinajstić information content (AvgIpc) is 3.35. The zero-order chi connectivity index (χ0) is 27.9. The number of rotatable bonds is 7. The van der Waals surface area contributed by atoms with Gasteiger partial charge in [0.05, 0.1) is 18.8 Å². The molecule has 2 amide bonds. The number of halogens is 1. The Morgan fingerprint density at radius 1 is 1.23 bits per heavy atom. The van der Waals surface area contributed by atoms with E-state index in [-0.39, 0.29) is 42.9 Å². The molecule has 3 aliphatic rings. The quantitative estimate of drug-likeness (QED) is 0.394. The molecule has 5 atom stereocenters. The fourth-order valence-corrected chi connectivity index (χ4v) is 8.36. The number of benzene rings is 2. The van der Waals surface area contributed by atoms with E-state index in [0.29, 0.717) is 31.7 Å². The third kappa shape index (κ3) is 5.36. The number of hydrogen-bond acceptors (Lipinski definition) is 5. The van der Waals surface area contributed by atoms with Crippen molar-refractivity contribution < 1.29 is 28.3 Å². The predicted octanol–water partition coefficient (Wildman–Crippen LogP) is 4.78. The molecule has 39 heavy (non-hydrogen) atoms. The highest BCUT2D eigenvalue weighted by atomic mass is 28.4. The van der Waals surface area contributed by atoms with Crippen LogP contribution in [0.5, 0.6) is 5.75 Å². The first-order valence-electron chi connectivity index (χ1n) is 13.9. The summed E-state index contributed by atoms with van der Waals surface area (Å²) < 4.78 is 28.5. The first kappa shape index (κ1) is 27.8. The van der Waals surface area contributed by atoms with E-state index in [4.69, 9.17) is 9.47 Å². The normalized spacial score (nSPS) is 25.6. The van der Waals surface area contributed by atoms with Crippen LogP contribution in [-0.4, -0.2) is 62.6 Å². The molecule has 210 valence electrons. The average molecular weight is 555 g/mol. The van der Waals surface area contributed by atoms with E-state index in [1.807, 2.05) is 49.4 Å². The SMILES string of the molecule is CO[C@@H]1c2cc(N3CCCC3=O)ccc2O[C@H](C(CC(=O)N2Cc3ccccc3C[C@H]2CO)[Si](C)(C)F)[C@H]1C. The molecule has 9 heteroatoms. The summed E-state index contributed by atoms with van der Waals surface area (Å²) in [7, 11) is -1.76. The Labute approximate surface area is 231 Å². The van der Waals surface area contributed by atoms with E-state index >= 15 is 4.11 Å². The van der Waals surface area contributed by atoms with Crippen molar-refractivity contribution in [2.45, 2.75) is 76.0 Å². The maximum atomic E-state index is 16.0. The van der Waals surface area contributed by atoms with Gasteiger partial charge in [0.2, 0.25) is 20.2 Å². The van der Waals surface area contributed by atoms with Crippen molar-refractivity contribution in [2.24, 2.45) is 5.92 Å². The van der Waals surface area contributed by atoms with Gasteiger partial charge in [0.1, 0.15) is 11.9 Å². The van der Waals surface area contributed by atoms with Gasteiger partial charge < -0.3 is 28.5 Å². The van der Waals surface area contributed by atoms with Crippen LogP contribution in [0.1, 0.15) is 49.0 Å². The molecule has 1 N–H and O–H groups in total. The van der Waals surface area contributed by atoms with Crippen molar-refractivity contribution in [1.82, 2.24) is 4.90 Å². The lowest BCUT2D eigenvalue weighted by molar-refractivity contribution is -0.136. The van der Waals surface area contributed by atoms with Crippen LogP contribution in [0, 0.1) is 5.92 Å². The second-order valence-corrected chi connectivity index (χ2v) is 15.5. The molecule has 0 radical (unpaired) electrons. The summed E-state index contributed by atoms with van der Waals surface area (Å²) in [4.78, 5) is 29.6. The smallest absolute Gasteiger partial charge is 0.248 e. The van der Waals surface area contributed by atoms with Gasteiger partial charge in [0.25, 0.3) is 0 Å². The minimum Gasteiger partial charge on any atom is -0.490 e. The number of nitrogens with zero attached hydrogens (tertiary/aromatic N) is 2. The molecule has 0 aromatic heterocycles. The molecular formula is C30H39FN2O5Si. The van der Waals surface area contributed by atoms with Crippen LogP contribution >= 0.6 is 0 Å². The van der Waals surface area contributed by atoms with Crippen LogP contribution in [0.4, 0.5) is 9.80 Å². The number of hydrogen-bond donors (Lipinski definition) is 1. The Morgan fingerprint density at radius 2 is 1.97 bits per heavy atom. The molecule has 0 aliphatic carbocycles. The summed E-state index contributed by atoms with van der Waals surface area (Å²) >= 11 is 0. The zero-order valence-electron chi connectivity index (χ0n) is 23.2. The molecule has 3 heterocycles. The molecule has 0 spiro atoms. The van der Waals surface area contributed by atoms with Crippen LogP contribution in [0.3, 0.4) is 0 Å². The number of methoxy groups -OCH3 is 1. The van der Waals surface area contributed by atoms with E-state index in [2.05, 4.69) is 0 Å². The molecule has 1 unspecified atom stereocenters. The highest BCUT2D eigenvalue weighted by molar-refractivity contribution is 6.72. The Kier molecular flexibility index (Phi) is 7.86. The van der Waals surface area contributed by atoms with Crippen LogP contribution in [-0.2, 0) is 27.3 Å². The predicted molar refractivity (Wildman–Crippen MR) is 150 cm³/mol. The third-order valence-electron chi connectivity index (χ3n) is 8.76. The first-order valence-corrected chi connectivity index (χ1v) is 16.9. The van der Waals surface area contributed by atoms with Crippen LogP contribution in [0.25, 0.3) is 0 Å². The van der Waals surface area contributed by atoms with Crippen molar-refractivity contribution in [1.29, 1.82) is 0 Å². The van der Waals surface area contributed by atoms with E-state index in [0.717, 1.165) is 28.8 Å². The van der Waals surface area contributed by atoms with Crippen molar-refractivity contribution in [2.75, 3.05) is 25.2 Å². The number of amides is 2. The second kappa shape index (κ2) is 11.0. The summed E-state index contributed by atoms with van der Waals surface area (Å²) in [6, 6.07) is 13.3. The molecule has 7 nitrogen and oxygen atoms in total. The molecule has 5 rings (SSSR count). The van der Waals surface area contributed by atoms with Gasteiger partial charge in [-0.2, -0.15) is 0 Å². The number of fused-ring (bicyclic) bond motifs is 2. The van der Waals surface area contributed by atoms with Gasteiger partial charge in [-0.05, 0) is 55.3 Å². The number of carbonyl (C=O) groups is 2. The Hall–Kier alpha value is -2.75. The minimum atomic E-state index is -3.39. The van der Waals surface area contributed by atoms with Gasteiger partial charge >= 0.3 is 0 Å². The molecule has 2 aromatic carbocycles. The molecule has 2 aromatic rings. The lowest BCUT2D eigenvalue weighted by Crippen LogP contribution is -2.50. The van der Waals surface area contributed by atoms with Gasteiger partial charge in [-0.25, -0.2) is 0 Å². The van der Waals surface area contributed by atoms with E-state index in [1.165, 1.54) is 0 Å². The number of aliphatic hydroxyl groups is 1. The summed E-state index contributed by atoms with van der Waals surface area (Å²) in [6.45, 7) is 6.21. The first-order chi connectivity index (χ1) is 18.6. The van der Waals surface area contributed by atoms with Crippen LogP contribution in [0.15, 0.2) is 42.5 Å². The number of anilines is 1. The van der Waals surface area contributed by atoms with E-state index in [9.17, 15) is 14.7 Å². The number of carbonyl (C=O) groups excluding carboxylic acids is 2. The standard InChI is InChI=1S/C30H39FN2O5Si/c1-19-29(37-2)24-15-22(32-13-7-10-27(32)35)11-12-25(24)38-30(19)26(39(3,4)31)16-28(36)33-17-21-9-6-5-8-20(21)14-23(33)18-34/h5-6,8-9,11-12,15,19,23,26,29-30,34H,7,10,13-14,16-18H2,1-4H3/t19-,23-,26?,29-,30-/m0/s1. The van der Waals surface area contributed by atoms with Crippen LogP contribution in [0.2, 0.25) is 18.6 Å². The topological polar surface area (TPSA) is 79.3 Å². The van der Waals surface area contributed by atoms with Crippen molar-refractivity contribution in [3.05, 3.63) is 59.2 Å². The lowest BCUT2D eigenvalue weighted by Gasteiger charge is -2.44. The molecule has 0 bridgehead atoms. The lowest BCUT2D eigenvalue weighted by atomic mass is 9.86. The maximum Gasteiger partial charge on any atom is 0.248 e. The van der Waals surface area contributed by atoms with E-state index < -0.39 is 20.1 Å². The molecule has 1 saturated heterocycles. The minimum absolute atomic E-state index is 0.00945. The zero-order valence-corrected chi connectivity index (χ0v) is 24.2. The Morgan fingerprint density at radius 3 is 2.62 bits per heavy atom. The molecule has 0 saturated carbocycles. The van der Waals surface area contributed by atoms with Crippen molar-refractivity contribution in [3.8, 4) is 5.75 Å². The Bertz CT molecular complexity index is 1230. The maximum absolute atomic E-state index is 16.0. The molecular weight excluding hydrogens is 515 g/mol. The highest BCUT2D eigenvalue weighted by Crippen LogP contribution is 2.48. The highest BCUT2D eigenvalue weighted by Gasteiger charge is 2.49. The largest absolute Gasteiger partial charge is 0.490 e.